The first-order valence-electron chi connectivity index (χ1n) is 8.46. The molecule has 2 rings (SSSR count). The molecule has 0 bridgehead atoms. The minimum absolute atomic E-state index is 0.0426. The Morgan fingerprint density at radius 2 is 1.39 bits per heavy atom. The van der Waals surface area contributed by atoms with E-state index in [-0.39, 0.29) is 17.9 Å². The summed E-state index contributed by atoms with van der Waals surface area (Å²) in [7, 11) is 0. The summed E-state index contributed by atoms with van der Waals surface area (Å²) in [6.45, 7) is 3.11. The van der Waals surface area contributed by atoms with Gasteiger partial charge in [-0.1, -0.05) is 36.4 Å². The van der Waals surface area contributed by atoms with Gasteiger partial charge in [-0.3, -0.25) is 25.5 Å². The van der Waals surface area contributed by atoms with Gasteiger partial charge in [-0.2, -0.15) is 0 Å². The molecule has 2 aromatic rings. The predicted molar refractivity (Wildman–Crippen MR) is 100 cm³/mol. The quantitative estimate of drug-likeness (QED) is 0.494. The Kier molecular flexibility index (Phi) is 7.13. The molecule has 0 aliphatic rings. The third kappa shape index (κ3) is 5.32. The Morgan fingerprint density at radius 1 is 0.929 bits per heavy atom. The highest BCUT2D eigenvalue weighted by atomic mass is 16.7. The summed E-state index contributed by atoms with van der Waals surface area (Å²) in [6, 6.07) is 11.3. The standard InChI is InChI=1S/C18H20N4O6/c1-12(14-7-3-5-9-16(14)21(24)25)19-11-18(23)28-20-13(2)15-8-4-6-10-17(15)22(26)27/h3-10,12-13,19-20H,11H2,1-2H3. The van der Waals surface area contributed by atoms with Gasteiger partial charge in [0.2, 0.25) is 0 Å². The first-order valence-corrected chi connectivity index (χ1v) is 8.46. The fraction of sp³-hybridized carbons (Fsp3) is 0.278. The molecular formula is C18H20N4O6. The number of rotatable bonds is 9. The highest BCUT2D eigenvalue weighted by molar-refractivity contribution is 5.71. The summed E-state index contributed by atoms with van der Waals surface area (Å²) in [4.78, 5) is 38.0. The summed E-state index contributed by atoms with van der Waals surface area (Å²) < 4.78 is 0. The smallest absolute Gasteiger partial charge is 0.338 e. The van der Waals surface area contributed by atoms with Crippen molar-refractivity contribution < 1.29 is 19.5 Å². The van der Waals surface area contributed by atoms with Crippen LogP contribution in [0.5, 0.6) is 0 Å². The molecule has 0 aliphatic carbocycles. The minimum atomic E-state index is -0.657. The second-order valence-electron chi connectivity index (χ2n) is 6.05. The van der Waals surface area contributed by atoms with Crippen LogP contribution in [0.25, 0.3) is 0 Å². The molecule has 10 nitrogen and oxygen atoms in total. The molecule has 28 heavy (non-hydrogen) atoms. The topological polar surface area (TPSA) is 137 Å². The fourth-order valence-corrected chi connectivity index (χ4v) is 2.64. The van der Waals surface area contributed by atoms with Crippen molar-refractivity contribution in [1.82, 2.24) is 10.8 Å². The predicted octanol–water partition coefficient (Wildman–Crippen LogP) is 2.96. The Hall–Kier alpha value is -3.37. The van der Waals surface area contributed by atoms with Gasteiger partial charge in [0.25, 0.3) is 11.4 Å². The maximum absolute atomic E-state index is 11.9. The molecule has 0 saturated carbocycles. The van der Waals surface area contributed by atoms with Crippen molar-refractivity contribution in [3.63, 3.8) is 0 Å². The van der Waals surface area contributed by atoms with Crippen molar-refractivity contribution in [3.05, 3.63) is 79.9 Å². The molecule has 10 heteroatoms. The van der Waals surface area contributed by atoms with Crippen LogP contribution in [0.4, 0.5) is 11.4 Å². The zero-order chi connectivity index (χ0) is 20.7. The zero-order valence-electron chi connectivity index (χ0n) is 15.3. The van der Waals surface area contributed by atoms with Crippen molar-refractivity contribution in [2.45, 2.75) is 25.9 Å². The fourth-order valence-electron chi connectivity index (χ4n) is 2.64. The largest absolute Gasteiger partial charge is 0.369 e. The lowest BCUT2D eigenvalue weighted by atomic mass is 10.1. The Balaban J connectivity index is 1.90. The number of carbonyl (C=O) groups is 1. The number of carbonyl (C=O) groups excluding carboxylic acids is 1. The van der Waals surface area contributed by atoms with Crippen LogP contribution in [0.1, 0.15) is 37.1 Å². The number of nitro groups is 2. The lowest BCUT2D eigenvalue weighted by Gasteiger charge is -2.16. The molecule has 2 N–H and O–H groups in total. The van der Waals surface area contributed by atoms with Crippen molar-refractivity contribution in [2.24, 2.45) is 0 Å². The maximum Gasteiger partial charge on any atom is 0.338 e. The van der Waals surface area contributed by atoms with Crippen LogP contribution in [0.2, 0.25) is 0 Å². The minimum Gasteiger partial charge on any atom is -0.369 e. The van der Waals surface area contributed by atoms with Gasteiger partial charge in [0.05, 0.1) is 22.4 Å². The van der Waals surface area contributed by atoms with Gasteiger partial charge in [-0.25, -0.2) is 4.79 Å². The third-order valence-electron chi connectivity index (χ3n) is 4.10. The highest BCUT2D eigenvalue weighted by Gasteiger charge is 2.21. The van der Waals surface area contributed by atoms with E-state index in [1.54, 1.807) is 50.2 Å². The van der Waals surface area contributed by atoms with Gasteiger partial charge >= 0.3 is 5.97 Å². The molecule has 2 unspecified atom stereocenters. The Labute approximate surface area is 160 Å². The first kappa shape index (κ1) is 20.9. The Bertz CT molecular complexity index is 803. The van der Waals surface area contributed by atoms with Gasteiger partial charge < -0.3 is 4.84 Å². The molecule has 0 saturated heterocycles. The number of nitrogens with zero attached hydrogens (tertiary/aromatic N) is 2. The molecule has 0 aromatic heterocycles. The van der Waals surface area contributed by atoms with Crippen LogP contribution in [0.3, 0.4) is 0 Å². The van der Waals surface area contributed by atoms with E-state index in [0.717, 1.165) is 0 Å². The van der Waals surface area contributed by atoms with Crippen molar-refractivity contribution in [3.8, 4) is 0 Å². The summed E-state index contributed by atoms with van der Waals surface area (Å²) in [6.07, 6.45) is 0. The van der Waals surface area contributed by atoms with Crippen molar-refractivity contribution in [1.29, 1.82) is 0 Å². The summed E-state index contributed by atoms with van der Waals surface area (Å²) >= 11 is 0. The number of para-hydroxylation sites is 2. The molecule has 0 fully saturated rings. The van der Waals surface area contributed by atoms with E-state index in [0.29, 0.717) is 11.1 Å². The highest BCUT2D eigenvalue weighted by Crippen LogP contribution is 2.25. The SMILES string of the molecule is CC(NCC(=O)ONC(C)c1ccccc1[N+](=O)[O-])c1ccccc1[N+](=O)[O-]. The number of hydrogen-bond acceptors (Lipinski definition) is 8. The summed E-state index contributed by atoms with van der Waals surface area (Å²) in [5.74, 6) is -0.657. The first-order chi connectivity index (χ1) is 13.3. The lowest BCUT2D eigenvalue weighted by Crippen LogP contribution is -2.32. The second kappa shape index (κ2) is 9.53. The van der Waals surface area contributed by atoms with Crippen LogP contribution in [-0.4, -0.2) is 22.4 Å². The third-order valence-corrected chi connectivity index (χ3v) is 4.10. The molecule has 0 spiro atoms. The number of benzene rings is 2. The van der Waals surface area contributed by atoms with Crippen LogP contribution >= 0.6 is 0 Å². The van der Waals surface area contributed by atoms with Crippen LogP contribution < -0.4 is 10.8 Å². The molecule has 148 valence electrons. The number of hydroxylamine groups is 1. The molecule has 0 amide bonds. The van der Waals surface area contributed by atoms with E-state index in [1.807, 2.05) is 0 Å². The Morgan fingerprint density at radius 3 is 1.89 bits per heavy atom. The van der Waals surface area contributed by atoms with Crippen molar-refractivity contribution >= 4 is 17.3 Å². The van der Waals surface area contributed by atoms with Gasteiger partial charge in [-0.15, -0.1) is 5.48 Å². The molecule has 2 aromatic carbocycles. The summed E-state index contributed by atoms with van der Waals surface area (Å²) in [5, 5.41) is 25.0. The van der Waals surface area contributed by atoms with Gasteiger partial charge in [0.15, 0.2) is 0 Å². The van der Waals surface area contributed by atoms with E-state index in [4.69, 9.17) is 4.84 Å². The average Bonchev–Trinajstić information content (AvgIpc) is 2.70. The average molecular weight is 388 g/mol. The number of hydrogen-bond donors (Lipinski definition) is 2. The second-order valence-corrected chi connectivity index (χ2v) is 6.05. The van der Waals surface area contributed by atoms with Gasteiger partial charge in [0, 0.05) is 29.3 Å². The van der Waals surface area contributed by atoms with Crippen LogP contribution in [0, 0.1) is 20.2 Å². The molecule has 0 heterocycles. The van der Waals surface area contributed by atoms with E-state index < -0.39 is 27.9 Å². The normalized spacial score (nSPS) is 12.8. The zero-order valence-corrected chi connectivity index (χ0v) is 15.3. The van der Waals surface area contributed by atoms with Crippen LogP contribution in [-0.2, 0) is 9.63 Å². The van der Waals surface area contributed by atoms with E-state index in [2.05, 4.69) is 10.8 Å². The number of nitrogens with one attached hydrogen (secondary N) is 2. The lowest BCUT2D eigenvalue weighted by molar-refractivity contribution is -0.386. The molecule has 2 atom stereocenters. The summed E-state index contributed by atoms with van der Waals surface area (Å²) in [5.41, 5.74) is 3.18. The van der Waals surface area contributed by atoms with E-state index in [1.165, 1.54) is 12.1 Å². The van der Waals surface area contributed by atoms with Crippen molar-refractivity contribution in [2.75, 3.05) is 6.54 Å². The molecular weight excluding hydrogens is 368 g/mol. The molecule has 0 aliphatic heterocycles. The molecule has 0 radical (unpaired) electrons. The number of nitro benzene ring substituents is 2. The maximum atomic E-state index is 11.9. The van der Waals surface area contributed by atoms with Gasteiger partial charge in [0.1, 0.15) is 0 Å². The van der Waals surface area contributed by atoms with Crippen LogP contribution in [0.15, 0.2) is 48.5 Å². The van der Waals surface area contributed by atoms with Gasteiger partial charge in [-0.05, 0) is 13.8 Å². The monoisotopic (exact) mass is 388 g/mol. The van der Waals surface area contributed by atoms with E-state index >= 15 is 0 Å². The van der Waals surface area contributed by atoms with E-state index in [9.17, 15) is 25.0 Å².